The van der Waals surface area contributed by atoms with Crippen LogP contribution in [0.4, 0.5) is 4.79 Å². The third-order valence-electron chi connectivity index (χ3n) is 3.84. The summed E-state index contributed by atoms with van der Waals surface area (Å²) < 4.78 is 5.25. The van der Waals surface area contributed by atoms with E-state index in [0.29, 0.717) is 6.42 Å². The van der Waals surface area contributed by atoms with Crippen molar-refractivity contribution in [2.24, 2.45) is 16.8 Å². The molecular formula is C18H34N4O4. The van der Waals surface area contributed by atoms with Crippen molar-refractivity contribution in [1.82, 2.24) is 10.6 Å². The monoisotopic (exact) mass is 370 g/mol. The van der Waals surface area contributed by atoms with Crippen molar-refractivity contribution in [3.63, 3.8) is 0 Å². The van der Waals surface area contributed by atoms with Gasteiger partial charge in [-0.15, -0.1) is 0 Å². The number of nitrogens with two attached hydrogens (primary N) is 1. The lowest BCUT2D eigenvalue weighted by Crippen LogP contribution is -2.47. The average molecular weight is 370 g/mol. The van der Waals surface area contributed by atoms with Crippen LogP contribution in [0.3, 0.4) is 0 Å². The molecule has 0 heterocycles. The number of oxime groups is 1. The van der Waals surface area contributed by atoms with Crippen LogP contribution >= 0.6 is 0 Å². The summed E-state index contributed by atoms with van der Waals surface area (Å²) in [6.07, 6.45) is 4.31. The highest BCUT2D eigenvalue weighted by molar-refractivity contribution is 5.88. The molecular weight excluding hydrogens is 336 g/mol. The third-order valence-corrected chi connectivity index (χ3v) is 3.84. The predicted molar refractivity (Wildman–Crippen MR) is 101 cm³/mol. The molecule has 0 spiro atoms. The SMILES string of the molecule is CC(C)C[C@@H](NC(=O)OC(C)(C)C)/C(N)=N\OCC(=O)NC1CCCC1. The van der Waals surface area contributed by atoms with Crippen molar-refractivity contribution in [3.8, 4) is 0 Å². The summed E-state index contributed by atoms with van der Waals surface area (Å²) in [6.45, 7) is 9.17. The molecule has 0 aromatic carbocycles. The van der Waals surface area contributed by atoms with E-state index in [9.17, 15) is 9.59 Å². The van der Waals surface area contributed by atoms with E-state index in [1.54, 1.807) is 20.8 Å². The molecule has 2 amide bonds. The Morgan fingerprint density at radius 3 is 2.38 bits per heavy atom. The predicted octanol–water partition coefficient (Wildman–Crippen LogP) is 2.27. The van der Waals surface area contributed by atoms with Crippen molar-refractivity contribution in [2.45, 2.75) is 84.4 Å². The Bertz CT molecular complexity index is 494. The lowest BCUT2D eigenvalue weighted by atomic mass is 10.0. The van der Waals surface area contributed by atoms with Crippen molar-refractivity contribution >= 4 is 17.8 Å². The number of amidine groups is 1. The van der Waals surface area contributed by atoms with Crippen molar-refractivity contribution in [1.29, 1.82) is 0 Å². The molecule has 26 heavy (non-hydrogen) atoms. The number of ether oxygens (including phenoxy) is 1. The van der Waals surface area contributed by atoms with Crippen molar-refractivity contribution < 1.29 is 19.2 Å². The highest BCUT2D eigenvalue weighted by Crippen LogP contribution is 2.17. The van der Waals surface area contributed by atoms with Gasteiger partial charge < -0.3 is 25.9 Å². The normalized spacial score (nSPS) is 17.1. The Balaban J connectivity index is 2.51. The van der Waals surface area contributed by atoms with Crippen molar-refractivity contribution in [3.05, 3.63) is 0 Å². The van der Waals surface area contributed by atoms with Gasteiger partial charge in [-0.3, -0.25) is 4.79 Å². The van der Waals surface area contributed by atoms with Gasteiger partial charge in [0.15, 0.2) is 12.4 Å². The number of carbonyl (C=O) groups excluding carboxylic acids is 2. The molecule has 1 rings (SSSR count). The lowest BCUT2D eigenvalue weighted by molar-refractivity contribution is -0.126. The van der Waals surface area contributed by atoms with Crippen LogP contribution in [0.5, 0.6) is 0 Å². The maximum absolute atomic E-state index is 12.0. The minimum Gasteiger partial charge on any atom is -0.444 e. The molecule has 0 aromatic heterocycles. The molecule has 4 N–H and O–H groups in total. The summed E-state index contributed by atoms with van der Waals surface area (Å²) >= 11 is 0. The molecule has 0 saturated heterocycles. The van der Waals surface area contributed by atoms with Gasteiger partial charge in [-0.2, -0.15) is 0 Å². The number of carbonyl (C=O) groups is 2. The largest absolute Gasteiger partial charge is 0.444 e. The highest BCUT2D eigenvalue weighted by Gasteiger charge is 2.23. The third kappa shape index (κ3) is 9.48. The van der Waals surface area contributed by atoms with Crippen LogP contribution in [0.25, 0.3) is 0 Å². The van der Waals surface area contributed by atoms with E-state index in [0.717, 1.165) is 25.7 Å². The van der Waals surface area contributed by atoms with E-state index in [-0.39, 0.29) is 30.3 Å². The number of nitrogens with one attached hydrogen (secondary N) is 2. The molecule has 0 bridgehead atoms. The molecule has 1 aliphatic rings. The molecule has 0 aliphatic heterocycles. The van der Waals surface area contributed by atoms with Crippen LogP contribution in [0, 0.1) is 5.92 Å². The van der Waals surface area contributed by atoms with E-state index in [1.165, 1.54) is 0 Å². The van der Waals surface area contributed by atoms with Gasteiger partial charge >= 0.3 is 6.09 Å². The molecule has 0 radical (unpaired) electrons. The zero-order chi connectivity index (χ0) is 19.7. The minimum atomic E-state index is -0.604. The molecule has 0 unspecified atom stereocenters. The maximum Gasteiger partial charge on any atom is 0.408 e. The van der Waals surface area contributed by atoms with Gasteiger partial charge in [0.1, 0.15) is 5.60 Å². The van der Waals surface area contributed by atoms with Crippen LogP contribution in [0.2, 0.25) is 0 Å². The van der Waals surface area contributed by atoms with Crippen LogP contribution in [-0.4, -0.2) is 42.1 Å². The van der Waals surface area contributed by atoms with Gasteiger partial charge in [0, 0.05) is 6.04 Å². The Labute approximate surface area is 156 Å². The highest BCUT2D eigenvalue weighted by atomic mass is 16.6. The van der Waals surface area contributed by atoms with Gasteiger partial charge in [-0.25, -0.2) is 4.79 Å². The van der Waals surface area contributed by atoms with Gasteiger partial charge in [-0.1, -0.05) is 31.8 Å². The topological polar surface area (TPSA) is 115 Å². The molecule has 1 aliphatic carbocycles. The second-order valence-corrected chi connectivity index (χ2v) is 8.17. The fraction of sp³-hybridized carbons (Fsp3) is 0.833. The number of hydrogen-bond acceptors (Lipinski definition) is 5. The first-order valence-corrected chi connectivity index (χ1v) is 9.31. The number of rotatable bonds is 8. The molecule has 0 aromatic rings. The number of nitrogens with zero attached hydrogens (tertiary/aromatic N) is 1. The number of hydrogen-bond donors (Lipinski definition) is 3. The molecule has 150 valence electrons. The second kappa shape index (κ2) is 10.2. The average Bonchev–Trinajstić information content (AvgIpc) is 2.96. The summed E-state index contributed by atoms with van der Waals surface area (Å²) in [4.78, 5) is 28.9. The number of alkyl carbamates (subject to hydrolysis) is 1. The first kappa shape index (κ1) is 22.1. The van der Waals surface area contributed by atoms with Gasteiger partial charge in [0.05, 0.1) is 6.04 Å². The smallest absolute Gasteiger partial charge is 0.408 e. The van der Waals surface area contributed by atoms with Crippen LogP contribution in [-0.2, 0) is 14.4 Å². The first-order valence-electron chi connectivity index (χ1n) is 9.31. The van der Waals surface area contributed by atoms with Gasteiger partial charge in [0.25, 0.3) is 5.91 Å². The molecule has 1 saturated carbocycles. The first-order chi connectivity index (χ1) is 12.1. The molecule has 1 atom stereocenters. The lowest BCUT2D eigenvalue weighted by Gasteiger charge is -2.24. The summed E-state index contributed by atoms with van der Waals surface area (Å²) in [5.74, 6) is 0.168. The number of amides is 2. The molecule has 1 fully saturated rings. The summed E-state index contributed by atoms with van der Waals surface area (Å²) in [7, 11) is 0. The van der Waals surface area contributed by atoms with E-state index < -0.39 is 17.7 Å². The summed E-state index contributed by atoms with van der Waals surface area (Å²) in [5.41, 5.74) is 5.35. The zero-order valence-electron chi connectivity index (χ0n) is 16.6. The zero-order valence-corrected chi connectivity index (χ0v) is 16.6. The fourth-order valence-electron chi connectivity index (χ4n) is 2.74. The maximum atomic E-state index is 12.0. The Hall–Kier alpha value is -1.99. The quantitative estimate of drug-likeness (QED) is 0.344. The summed E-state index contributed by atoms with van der Waals surface area (Å²) in [5, 5.41) is 9.42. The minimum absolute atomic E-state index is 0.109. The second-order valence-electron chi connectivity index (χ2n) is 8.17. The van der Waals surface area contributed by atoms with E-state index in [2.05, 4.69) is 15.8 Å². The Morgan fingerprint density at radius 1 is 1.23 bits per heavy atom. The van der Waals surface area contributed by atoms with E-state index in [4.69, 9.17) is 15.3 Å². The summed E-state index contributed by atoms with van der Waals surface area (Å²) in [6, 6.07) is -0.294. The van der Waals surface area contributed by atoms with E-state index >= 15 is 0 Å². The standard InChI is InChI=1S/C18H34N4O4/c1-12(2)10-14(21-17(24)26-18(3,4)5)16(19)22-25-11-15(23)20-13-8-6-7-9-13/h12-14H,6-11H2,1-5H3,(H2,19,22)(H,20,23)(H,21,24)/t14-/m1/s1. The molecule has 8 nitrogen and oxygen atoms in total. The van der Waals surface area contributed by atoms with Crippen LogP contribution in [0.1, 0.15) is 66.7 Å². The van der Waals surface area contributed by atoms with Crippen LogP contribution in [0.15, 0.2) is 5.16 Å². The Kier molecular flexibility index (Phi) is 8.68. The Morgan fingerprint density at radius 2 is 1.85 bits per heavy atom. The van der Waals surface area contributed by atoms with Gasteiger partial charge in [-0.05, 0) is 46.0 Å². The fourth-order valence-corrected chi connectivity index (χ4v) is 2.74. The van der Waals surface area contributed by atoms with Crippen molar-refractivity contribution in [2.75, 3.05) is 6.61 Å². The van der Waals surface area contributed by atoms with Crippen LogP contribution < -0.4 is 16.4 Å². The van der Waals surface area contributed by atoms with Gasteiger partial charge in [0.2, 0.25) is 0 Å². The molecule has 8 heteroatoms. The van der Waals surface area contributed by atoms with E-state index in [1.807, 2.05) is 13.8 Å².